The molecule has 3 rings (SSSR count). The summed E-state index contributed by atoms with van der Waals surface area (Å²) < 4.78 is 40.1. The highest BCUT2D eigenvalue weighted by atomic mass is 35.5. The smallest absolute Gasteiger partial charge is 0.233 e. The Morgan fingerprint density at radius 1 is 1.17 bits per heavy atom. The highest BCUT2D eigenvalue weighted by Crippen LogP contribution is 2.33. The van der Waals surface area contributed by atoms with Gasteiger partial charge in [0.05, 0.1) is 11.8 Å². The van der Waals surface area contributed by atoms with Crippen molar-refractivity contribution in [3.8, 4) is 11.1 Å². The maximum absolute atomic E-state index is 12.9. The summed E-state index contributed by atoms with van der Waals surface area (Å²) >= 11 is 6.19. The molecule has 2 aromatic heterocycles. The van der Waals surface area contributed by atoms with Crippen LogP contribution in [0.2, 0.25) is 5.15 Å². The summed E-state index contributed by atoms with van der Waals surface area (Å²) in [5, 5.41) is 4.50. The number of halogens is 4. The fraction of sp³-hybridized carbons (Fsp3) is 0.250. The van der Waals surface area contributed by atoms with E-state index in [1.807, 2.05) is 13.8 Å². The number of hydrogen-bond donors (Lipinski definition) is 0. The van der Waals surface area contributed by atoms with Gasteiger partial charge in [0.15, 0.2) is 5.65 Å². The van der Waals surface area contributed by atoms with Crippen molar-refractivity contribution in [2.45, 2.75) is 25.9 Å². The van der Waals surface area contributed by atoms with Crippen molar-refractivity contribution in [2.75, 3.05) is 0 Å². The first-order valence-corrected chi connectivity index (χ1v) is 7.37. The van der Waals surface area contributed by atoms with Gasteiger partial charge in [-0.05, 0) is 29.7 Å². The maximum atomic E-state index is 12.9. The molecule has 0 saturated heterocycles. The van der Waals surface area contributed by atoms with Crippen molar-refractivity contribution in [3.05, 3.63) is 52.9 Å². The van der Waals surface area contributed by atoms with E-state index in [0.717, 1.165) is 17.8 Å². The number of rotatable bonds is 2. The van der Waals surface area contributed by atoms with Crippen LogP contribution in [0.3, 0.4) is 0 Å². The predicted molar refractivity (Wildman–Crippen MR) is 82.5 cm³/mol. The van der Waals surface area contributed by atoms with Crippen LogP contribution in [-0.4, -0.2) is 14.6 Å². The first-order chi connectivity index (χ1) is 10.8. The number of fused-ring (bicyclic) bond motifs is 1. The van der Waals surface area contributed by atoms with Crippen LogP contribution >= 0.6 is 11.6 Å². The molecule has 0 amide bonds. The fourth-order valence-corrected chi connectivity index (χ4v) is 2.54. The van der Waals surface area contributed by atoms with Gasteiger partial charge >= 0.3 is 6.18 Å². The Kier molecular flexibility index (Phi) is 3.80. The summed E-state index contributed by atoms with van der Waals surface area (Å²) in [5.41, 5.74) is 1.41. The molecule has 0 N–H and O–H groups in total. The summed E-state index contributed by atoms with van der Waals surface area (Å²) in [4.78, 5) is 4.50. The van der Waals surface area contributed by atoms with Crippen LogP contribution in [0.1, 0.15) is 31.0 Å². The number of nitrogens with zero attached hydrogens (tertiary/aromatic N) is 3. The Hall–Kier alpha value is -2.08. The van der Waals surface area contributed by atoms with Crippen LogP contribution in [0.5, 0.6) is 0 Å². The summed E-state index contributed by atoms with van der Waals surface area (Å²) in [5.74, 6) is 0.141. The Morgan fingerprint density at radius 2 is 1.91 bits per heavy atom. The zero-order chi connectivity index (χ0) is 16.8. The molecule has 0 atom stereocenters. The fourth-order valence-electron chi connectivity index (χ4n) is 2.31. The van der Waals surface area contributed by atoms with E-state index in [2.05, 4.69) is 10.1 Å². The van der Waals surface area contributed by atoms with Gasteiger partial charge in [0.2, 0.25) is 0 Å². The molecule has 0 bridgehead atoms. The molecule has 0 aliphatic carbocycles. The van der Waals surface area contributed by atoms with Crippen molar-refractivity contribution >= 4 is 17.2 Å². The molecular weight excluding hydrogens is 327 g/mol. The van der Waals surface area contributed by atoms with Gasteiger partial charge in [0.1, 0.15) is 5.15 Å². The SMILES string of the molecule is CC(C)c1cc(Cl)n2ncc(-c3cccc(C(F)(F)F)c3)c2n1. The van der Waals surface area contributed by atoms with Gasteiger partial charge < -0.3 is 0 Å². The lowest BCUT2D eigenvalue weighted by Gasteiger charge is -2.09. The molecule has 3 nitrogen and oxygen atoms in total. The van der Waals surface area contributed by atoms with Gasteiger partial charge in [0.25, 0.3) is 0 Å². The average Bonchev–Trinajstić information content (AvgIpc) is 2.91. The van der Waals surface area contributed by atoms with Gasteiger partial charge in [0, 0.05) is 11.3 Å². The van der Waals surface area contributed by atoms with E-state index in [1.54, 1.807) is 12.1 Å². The van der Waals surface area contributed by atoms with E-state index in [0.29, 0.717) is 21.9 Å². The molecular formula is C16H13ClF3N3. The minimum absolute atomic E-state index is 0.141. The quantitative estimate of drug-likeness (QED) is 0.601. The largest absolute Gasteiger partial charge is 0.416 e. The van der Waals surface area contributed by atoms with Gasteiger partial charge in [-0.15, -0.1) is 0 Å². The van der Waals surface area contributed by atoms with Crippen molar-refractivity contribution in [2.24, 2.45) is 0 Å². The third-order valence-electron chi connectivity index (χ3n) is 3.54. The van der Waals surface area contributed by atoms with Gasteiger partial charge in [-0.2, -0.15) is 18.3 Å². The lowest BCUT2D eigenvalue weighted by atomic mass is 10.1. The zero-order valence-corrected chi connectivity index (χ0v) is 13.2. The second-order valence-corrected chi connectivity index (χ2v) is 5.92. The normalized spacial score (nSPS) is 12.3. The molecule has 23 heavy (non-hydrogen) atoms. The number of aromatic nitrogens is 3. The Labute approximate surface area is 135 Å². The Bertz CT molecular complexity index is 869. The van der Waals surface area contributed by atoms with Crippen LogP contribution in [0.4, 0.5) is 13.2 Å². The van der Waals surface area contributed by atoms with E-state index in [1.165, 1.54) is 16.8 Å². The number of hydrogen-bond acceptors (Lipinski definition) is 2. The van der Waals surface area contributed by atoms with E-state index >= 15 is 0 Å². The summed E-state index contributed by atoms with van der Waals surface area (Å²) in [7, 11) is 0. The summed E-state index contributed by atoms with van der Waals surface area (Å²) in [6.45, 7) is 3.94. The first-order valence-electron chi connectivity index (χ1n) is 6.99. The van der Waals surface area contributed by atoms with Crippen LogP contribution in [-0.2, 0) is 6.18 Å². The van der Waals surface area contributed by atoms with Crippen molar-refractivity contribution in [1.29, 1.82) is 0 Å². The van der Waals surface area contributed by atoms with Gasteiger partial charge in [-0.1, -0.05) is 37.6 Å². The first kappa shape index (κ1) is 15.8. The van der Waals surface area contributed by atoms with Gasteiger partial charge in [-0.3, -0.25) is 0 Å². The van der Waals surface area contributed by atoms with E-state index in [9.17, 15) is 13.2 Å². The minimum Gasteiger partial charge on any atom is -0.233 e. The summed E-state index contributed by atoms with van der Waals surface area (Å²) in [6.07, 6.45) is -2.92. The lowest BCUT2D eigenvalue weighted by Crippen LogP contribution is -2.04. The molecule has 0 saturated carbocycles. The topological polar surface area (TPSA) is 30.2 Å². The minimum atomic E-state index is -4.40. The molecule has 120 valence electrons. The zero-order valence-electron chi connectivity index (χ0n) is 12.4. The molecule has 0 spiro atoms. The van der Waals surface area contributed by atoms with E-state index in [-0.39, 0.29) is 5.92 Å². The molecule has 7 heteroatoms. The van der Waals surface area contributed by atoms with E-state index < -0.39 is 11.7 Å². The third-order valence-corrected chi connectivity index (χ3v) is 3.81. The number of alkyl halides is 3. The Morgan fingerprint density at radius 3 is 2.57 bits per heavy atom. The molecule has 0 fully saturated rings. The standard InChI is InChI=1S/C16H13ClF3N3/c1-9(2)13-7-14(17)23-15(22-13)12(8-21-23)10-4-3-5-11(6-10)16(18,19)20/h3-9H,1-2H3. The van der Waals surface area contributed by atoms with Crippen LogP contribution in [0, 0.1) is 0 Å². The van der Waals surface area contributed by atoms with Gasteiger partial charge in [-0.25, -0.2) is 9.50 Å². The molecule has 3 aromatic rings. The van der Waals surface area contributed by atoms with Crippen molar-refractivity contribution in [1.82, 2.24) is 14.6 Å². The number of benzene rings is 1. The summed E-state index contributed by atoms with van der Waals surface area (Å²) in [6, 6.07) is 6.81. The highest BCUT2D eigenvalue weighted by molar-refractivity contribution is 6.29. The molecule has 2 heterocycles. The highest BCUT2D eigenvalue weighted by Gasteiger charge is 2.30. The molecule has 0 aliphatic heterocycles. The average molecular weight is 340 g/mol. The van der Waals surface area contributed by atoms with Crippen molar-refractivity contribution in [3.63, 3.8) is 0 Å². The van der Waals surface area contributed by atoms with Crippen LogP contribution < -0.4 is 0 Å². The maximum Gasteiger partial charge on any atom is 0.416 e. The molecule has 0 unspecified atom stereocenters. The van der Waals surface area contributed by atoms with Crippen LogP contribution in [0.25, 0.3) is 16.8 Å². The molecule has 0 radical (unpaired) electrons. The predicted octanol–water partition coefficient (Wildman–Crippen LogP) is 5.19. The molecule has 1 aromatic carbocycles. The van der Waals surface area contributed by atoms with Crippen LogP contribution in [0.15, 0.2) is 36.5 Å². The Balaban J connectivity index is 2.21. The molecule has 0 aliphatic rings. The second-order valence-electron chi connectivity index (χ2n) is 5.53. The monoisotopic (exact) mass is 339 g/mol. The third kappa shape index (κ3) is 2.91. The van der Waals surface area contributed by atoms with Crippen molar-refractivity contribution < 1.29 is 13.2 Å². The van der Waals surface area contributed by atoms with E-state index in [4.69, 9.17) is 11.6 Å². The second kappa shape index (κ2) is 5.53. The lowest BCUT2D eigenvalue weighted by molar-refractivity contribution is -0.137.